The van der Waals surface area contributed by atoms with Crippen LogP contribution in [0.5, 0.6) is 0 Å². The van der Waals surface area contributed by atoms with Gasteiger partial charge in [-0.15, -0.1) is 4.73 Å². The fraction of sp³-hybridized carbons (Fsp3) is 0.200. The molecule has 0 unspecified atom stereocenters. The molecule has 16 nitrogen and oxygen atoms in total. The Morgan fingerprint density at radius 2 is 1.95 bits per heavy atom. The summed E-state index contributed by atoms with van der Waals surface area (Å²) in [5.74, 6) is -1.32. The minimum absolute atomic E-state index is 0.0145. The summed E-state index contributed by atoms with van der Waals surface area (Å²) in [4.78, 5) is 37.5. The average Bonchev–Trinajstić information content (AvgIpc) is 2.36. The smallest absolute Gasteiger partial charge is 0.379 e. The molecule has 16 heteroatoms. The predicted octanol–water partition coefficient (Wildman–Crippen LogP) is -2.89. The zero-order valence-corrected chi connectivity index (χ0v) is 10.2. The number of rotatable bonds is 3. The van der Waals surface area contributed by atoms with E-state index in [0.717, 1.165) is 7.11 Å². The molecule has 0 fully saturated rings. The average molecular weight is 307 g/mol. The van der Waals surface area contributed by atoms with Gasteiger partial charge in [-0.05, 0) is 0 Å². The van der Waals surface area contributed by atoms with Crippen molar-refractivity contribution >= 4 is 17.9 Å². The van der Waals surface area contributed by atoms with Crippen LogP contribution in [0.4, 0.5) is 16.7 Å². The standard InChI is InChI=1S/C4H5N9O6.CH4O/c5-1-6-2(8-4(14)10-13(18)19)7-3(11(1)15)9-12(16)17;1-2/h15H,(H4,5,6,7,8,9,10,14);2H,1H3. The second-order valence-corrected chi connectivity index (χ2v) is 2.68. The molecule has 0 radical (unpaired) electrons. The second-order valence-electron chi connectivity index (χ2n) is 2.68. The third kappa shape index (κ3) is 5.74. The van der Waals surface area contributed by atoms with Gasteiger partial charge in [-0.25, -0.2) is 25.0 Å². The molecule has 1 heterocycles. The number of hydrazine groups is 1. The maximum absolute atomic E-state index is 10.9. The number of aliphatic hydroxyl groups excluding tert-OH is 1. The molecule has 0 aliphatic rings. The highest BCUT2D eigenvalue weighted by Crippen LogP contribution is 1.97. The summed E-state index contributed by atoms with van der Waals surface area (Å²) < 4.78 is -0.0145. The van der Waals surface area contributed by atoms with Gasteiger partial charge in [0.2, 0.25) is 11.9 Å². The summed E-state index contributed by atoms with van der Waals surface area (Å²) in [6.45, 7) is 0. The molecule has 1 aromatic rings. The van der Waals surface area contributed by atoms with Gasteiger partial charge < -0.3 is 16.0 Å². The van der Waals surface area contributed by atoms with Crippen LogP contribution in [-0.4, -0.2) is 48.2 Å². The van der Waals surface area contributed by atoms with Crippen molar-refractivity contribution in [2.24, 2.45) is 5.10 Å². The Morgan fingerprint density at radius 1 is 1.38 bits per heavy atom. The number of carbonyl (C=O) groups excluding carboxylic acids is 1. The monoisotopic (exact) mass is 307 g/mol. The SMILES string of the molecule is CO.Nc1nc(NC(=O)N[N+](=O)[O-])n/c(=N\[N+](=O)[O-])n1O. The first-order chi connectivity index (χ1) is 9.79. The third-order valence-electron chi connectivity index (χ3n) is 1.42. The van der Waals surface area contributed by atoms with Crippen molar-refractivity contribution in [3.05, 3.63) is 25.8 Å². The number of urea groups is 1. The van der Waals surface area contributed by atoms with Crippen LogP contribution in [0.15, 0.2) is 5.10 Å². The van der Waals surface area contributed by atoms with Gasteiger partial charge in [0.1, 0.15) is 5.10 Å². The maximum Gasteiger partial charge on any atom is 0.379 e. The fourth-order valence-corrected chi connectivity index (χ4v) is 0.831. The summed E-state index contributed by atoms with van der Waals surface area (Å²) in [7, 11) is 1.00. The van der Waals surface area contributed by atoms with Gasteiger partial charge in [0, 0.05) is 7.11 Å². The van der Waals surface area contributed by atoms with Crippen molar-refractivity contribution < 1.29 is 25.2 Å². The van der Waals surface area contributed by atoms with E-state index in [-0.39, 0.29) is 4.73 Å². The van der Waals surface area contributed by atoms with Crippen molar-refractivity contribution in [3.8, 4) is 0 Å². The molecule has 0 aliphatic heterocycles. The Labute approximate surface area is 113 Å². The molecule has 21 heavy (non-hydrogen) atoms. The Bertz CT molecular complexity index is 609. The van der Waals surface area contributed by atoms with Crippen LogP contribution < -0.4 is 22.1 Å². The summed E-state index contributed by atoms with van der Waals surface area (Å²) in [5, 5.41) is 38.3. The fourth-order valence-electron chi connectivity index (χ4n) is 0.831. The Balaban J connectivity index is 0.00000191. The molecule has 0 aromatic carbocycles. The summed E-state index contributed by atoms with van der Waals surface area (Å²) >= 11 is 0. The van der Waals surface area contributed by atoms with Crippen LogP contribution >= 0.6 is 0 Å². The van der Waals surface area contributed by atoms with Gasteiger partial charge in [0.05, 0.1) is 0 Å². The number of nitrogens with zero attached hydrogens (tertiary/aromatic N) is 6. The van der Waals surface area contributed by atoms with E-state index < -0.39 is 33.6 Å². The number of nitrogens with one attached hydrogen (secondary N) is 2. The van der Waals surface area contributed by atoms with E-state index in [0.29, 0.717) is 0 Å². The van der Waals surface area contributed by atoms with Crippen LogP contribution in [0.25, 0.3) is 0 Å². The number of hydrogen-bond acceptors (Lipinski definition) is 10. The van der Waals surface area contributed by atoms with Crippen LogP contribution in [0, 0.1) is 20.2 Å². The van der Waals surface area contributed by atoms with Crippen molar-refractivity contribution in [3.63, 3.8) is 0 Å². The number of nitrogen functional groups attached to an aromatic ring is 1. The van der Waals surface area contributed by atoms with E-state index in [1.165, 1.54) is 5.43 Å². The van der Waals surface area contributed by atoms with Crippen LogP contribution in [-0.2, 0) is 0 Å². The first-order valence-electron chi connectivity index (χ1n) is 4.61. The van der Waals surface area contributed by atoms with E-state index in [4.69, 9.17) is 10.8 Å². The molecule has 0 aliphatic carbocycles. The predicted molar refractivity (Wildman–Crippen MR) is 61.5 cm³/mol. The number of aliphatic hydroxyl groups is 1. The molecule has 1 aromatic heterocycles. The summed E-state index contributed by atoms with van der Waals surface area (Å²) in [5.41, 5.74) is 5.46. The molecule has 2 amide bonds. The number of carbonyl (C=O) groups is 1. The number of nitrogens with two attached hydrogens (primary N) is 1. The highest BCUT2D eigenvalue weighted by atomic mass is 16.7. The molecule has 0 bridgehead atoms. The van der Waals surface area contributed by atoms with E-state index in [1.807, 2.05) is 0 Å². The first kappa shape index (κ1) is 17.4. The molecular formula is C5H9N9O7. The van der Waals surface area contributed by atoms with E-state index in [9.17, 15) is 30.2 Å². The van der Waals surface area contributed by atoms with Gasteiger partial charge in [0.15, 0.2) is 10.1 Å². The largest absolute Gasteiger partial charge is 0.422 e. The van der Waals surface area contributed by atoms with Crippen LogP contribution in [0.2, 0.25) is 0 Å². The van der Waals surface area contributed by atoms with Gasteiger partial charge in [-0.1, -0.05) is 5.43 Å². The zero-order valence-electron chi connectivity index (χ0n) is 10.2. The molecule has 6 N–H and O–H groups in total. The Hall–Kier alpha value is -3.56. The number of aromatic nitrogens is 3. The molecule has 0 saturated carbocycles. The molecule has 0 spiro atoms. The van der Waals surface area contributed by atoms with Gasteiger partial charge in [-0.3, -0.25) is 5.32 Å². The minimum Gasteiger partial charge on any atom is -0.422 e. The number of anilines is 2. The van der Waals surface area contributed by atoms with Crippen molar-refractivity contribution in [2.75, 3.05) is 18.2 Å². The van der Waals surface area contributed by atoms with E-state index in [2.05, 4.69) is 15.1 Å². The Kier molecular flexibility index (Phi) is 6.46. The molecule has 1 rings (SSSR count). The topological polar surface area (TPSA) is 237 Å². The van der Waals surface area contributed by atoms with Gasteiger partial charge >= 0.3 is 11.6 Å². The lowest BCUT2D eigenvalue weighted by Crippen LogP contribution is -2.36. The number of hydrogen-bond donors (Lipinski definition) is 5. The lowest BCUT2D eigenvalue weighted by Gasteiger charge is -2.03. The highest BCUT2D eigenvalue weighted by molar-refractivity contribution is 5.86. The molecule has 0 atom stereocenters. The van der Waals surface area contributed by atoms with E-state index in [1.54, 1.807) is 5.32 Å². The third-order valence-corrected chi connectivity index (χ3v) is 1.42. The van der Waals surface area contributed by atoms with Crippen LogP contribution in [0.3, 0.4) is 0 Å². The van der Waals surface area contributed by atoms with Crippen LogP contribution in [0.1, 0.15) is 0 Å². The van der Waals surface area contributed by atoms with Crippen molar-refractivity contribution in [2.45, 2.75) is 0 Å². The lowest BCUT2D eigenvalue weighted by atomic mass is 10.8. The minimum atomic E-state index is -1.33. The number of nitro groups is 2. The summed E-state index contributed by atoms with van der Waals surface area (Å²) in [6.07, 6.45) is 0. The molecule has 0 saturated heterocycles. The second kappa shape index (κ2) is 7.78. The van der Waals surface area contributed by atoms with Crippen molar-refractivity contribution in [1.29, 1.82) is 0 Å². The van der Waals surface area contributed by atoms with Crippen molar-refractivity contribution in [1.82, 2.24) is 20.1 Å². The first-order valence-corrected chi connectivity index (χ1v) is 4.61. The molecule has 116 valence electrons. The lowest BCUT2D eigenvalue weighted by molar-refractivity contribution is -0.527. The normalized spacial score (nSPS) is 10.1. The quantitative estimate of drug-likeness (QED) is 0.217. The Morgan fingerprint density at radius 3 is 2.43 bits per heavy atom. The number of amides is 2. The van der Waals surface area contributed by atoms with E-state index >= 15 is 0 Å². The zero-order chi connectivity index (χ0) is 16.6. The highest BCUT2D eigenvalue weighted by Gasteiger charge is 2.13. The maximum atomic E-state index is 10.9. The summed E-state index contributed by atoms with van der Waals surface area (Å²) in [6, 6.07) is -1.33. The van der Waals surface area contributed by atoms with Gasteiger partial charge in [-0.2, -0.15) is 9.97 Å². The molecular weight excluding hydrogens is 298 g/mol. The van der Waals surface area contributed by atoms with Gasteiger partial charge in [0.25, 0.3) is 0 Å².